The maximum Gasteiger partial charge on any atom is 0.0231 e. The van der Waals surface area contributed by atoms with Gasteiger partial charge in [-0.3, -0.25) is 0 Å². The molecule has 1 N–H and O–H groups in total. The van der Waals surface area contributed by atoms with Crippen molar-refractivity contribution in [2.24, 2.45) is 0 Å². The summed E-state index contributed by atoms with van der Waals surface area (Å²) in [6, 6.07) is 7.08. The Hall–Kier alpha value is 0.140. The summed E-state index contributed by atoms with van der Waals surface area (Å²) >= 11 is 6.99. The van der Waals surface area contributed by atoms with Gasteiger partial charge in [-0.1, -0.05) is 37.9 Å². The fraction of sp³-hybridized carbons (Fsp3) is 0.400. The summed E-state index contributed by atoms with van der Waals surface area (Å²) in [6.45, 7) is 0.971. The van der Waals surface area contributed by atoms with Crippen LogP contribution in [0.25, 0.3) is 0 Å². The summed E-state index contributed by atoms with van der Waals surface area (Å²) in [5.74, 6) is 0. The summed E-state index contributed by atoms with van der Waals surface area (Å²) in [5, 5.41) is 3.49. The molecule has 0 heterocycles. The van der Waals surface area contributed by atoms with Gasteiger partial charge in [-0.15, -0.1) is 0 Å². The third kappa shape index (κ3) is 2.79. The quantitative estimate of drug-likeness (QED) is 0.902. The van der Waals surface area contributed by atoms with Crippen LogP contribution in [0.1, 0.15) is 18.4 Å². The lowest BCUT2D eigenvalue weighted by molar-refractivity contribution is 0.686. The van der Waals surface area contributed by atoms with Gasteiger partial charge in [0.05, 0.1) is 0 Å². The number of hydrogen-bond acceptors (Lipinski definition) is 1. The number of hydrogen-bond donors (Lipinski definition) is 1. The van der Waals surface area contributed by atoms with E-state index in [2.05, 4.69) is 55.4 Å². The second kappa shape index (κ2) is 4.11. The van der Waals surface area contributed by atoms with Gasteiger partial charge in [0, 0.05) is 21.5 Å². The molecule has 1 aromatic carbocycles. The molecule has 0 bridgehead atoms. The zero-order valence-corrected chi connectivity index (χ0v) is 10.4. The van der Waals surface area contributed by atoms with E-state index >= 15 is 0 Å². The van der Waals surface area contributed by atoms with Crippen molar-refractivity contribution in [1.82, 2.24) is 5.32 Å². The Morgan fingerprint density at radius 2 is 2.08 bits per heavy atom. The van der Waals surface area contributed by atoms with E-state index in [1.807, 2.05) is 0 Å². The molecule has 70 valence electrons. The Bertz CT molecular complexity index is 308. The molecular weight excluding hydrogens is 294 g/mol. The minimum atomic E-state index is 0.774. The van der Waals surface area contributed by atoms with E-state index in [9.17, 15) is 0 Å². The minimum absolute atomic E-state index is 0.774. The predicted octanol–water partition coefficient (Wildman–Crippen LogP) is 3.46. The lowest BCUT2D eigenvalue weighted by Crippen LogP contribution is -2.15. The molecular formula is C10H11Br2N. The molecule has 3 heteroatoms. The van der Waals surface area contributed by atoms with Gasteiger partial charge in [-0.2, -0.15) is 0 Å². The van der Waals surface area contributed by atoms with Crippen LogP contribution in [0, 0.1) is 0 Å². The van der Waals surface area contributed by atoms with Gasteiger partial charge in [0.2, 0.25) is 0 Å². The van der Waals surface area contributed by atoms with E-state index in [0.717, 1.165) is 17.1 Å². The molecule has 1 aliphatic carbocycles. The van der Waals surface area contributed by atoms with Crippen LogP contribution in [0.15, 0.2) is 27.1 Å². The van der Waals surface area contributed by atoms with Crippen LogP contribution in [0.3, 0.4) is 0 Å². The summed E-state index contributed by atoms with van der Waals surface area (Å²) in [6.07, 6.45) is 2.68. The lowest BCUT2D eigenvalue weighted by atomic mass is 10.2. The SMILES string of the molecule is Brc1ccc(CNC2CC2)c(Br)c1. The standard InChI is InChI=1S/C10H11Br2N/c11-8-2-1-7(10(12)5-8)6-13-9-3-4-9/h1-2,5,9,13H,3-4,6H2. The topological polar surface area (TPSA) is 12.0 Å². The van der Waals surface area contributed by atoms with Crippen LogP contribution in [0.2, 0.25) is 0 Å². The molecule has 1 aliphatic rings. The minimum Gasteiger partial charge on any atom is -0.310 e. The zero-order chi connectivity index (χ0) is 9.26. The van der Waals surface area contributed by atoms with Gasteiger partial charge in [-0.25, -0.2) is 0 Å². The van der Waals surface area contributed by atoms with Crippen molar-refractivity contribution < 1.29 is 0 Å². The maximum atomic E-state index is 3.55. The van der Waals surface area contributed by atoms with Gasteiger partial charge >= 0.3 is 0 Å². The normalized spacial score (nSPS) is 16.2. The zero-order valence-electron chi connectivity index (χ0n) is 7.19. The van der Waals surface area contributed by atoms with E-state index in [1.165, 1.54) is 22.9 Å². The Kier molecular flexibility index (Phi) is 3.06. The average Bonchev–Trinajstić information content (AvgIpc) is 2.86. The molecule has 0 atom stereocenters. The van der Waals surface area contributed by atoms with Gasteiger partial charge in [0.15, 0.2) is 0 Å². The van der Waals surface area contributed by atoms with Crippen molar-refractivity contribution in [3.8, 4) is 0 Å². The number of benzene rings is 1. The molecule has 1 saturated carbocycles. The smallest absolute Gasteiger partial charge is 0.0231 e. The van der Waals surface area contributed by atoms with Crippen molar-refractivity contribution in [3.05, 3.63) is 32.7 Å². The maximum absolute atomic E-state index is 3.55. The van der Waals surface area contributed by atoms with Crippen LogP contribution < -0.4 is 5.32 Å². The molecule has 1 nitrogen and oxygen atoms in total. The molecule has 1 fully saturated rings. The van der Waals surface area contributed by atoms with E-state index in [4.69, 9.17) is 0 Å². The van der Waals surface area contributed by atoms with Crippen LogP contribution in [0.4, 0.5) is 0 Å². The number of halogens is 2. The van der Waals surface area contributed by atoms with Crippen molar-refractivity contribution >= 4 is 31.9 Å². The molecule has 0 aliphatic heterocycles. The molecule has 0 unspecified atom stereocenters. The number of rotatable bonds is 3. The molecule has 0 aromatic heterocycles. The fourth-order valence-corrected chi connectivity index (χ4v) is 2.39. The van der Waals surface area contributed by atoms with Gasteiger partial charge < -0.3 is 5.32 Å². The van der Waals surface area contributed by atoms with Crippen molar-refractivity contribution in [2.75, 3.05) is 0 Å². The Morgan fingerprint density at radius 3 is 2.69 bits per heavy atom. The van der Waals surface area contributed by atoms with Crippen molar-refractivity contribution in [1.29, 1.82) is 0 Å². The first-order valence-corrected chi connectivity index (χ1v) is 6.01. The van der Waals surface area contributed by atoms with E-state index in [1.54, 1.807) is 0 Å². The monoisotopic (exact) mass is 303 g/mol. The fourth-order valence-electron chi connectivity index (χ4n) is 1.21. The van der Waals surface area contributed by atoms with E-state index in [-0.39, 0.29) is 0 Å². The molecule has 0 radical (unpaired) electrons. The number of nitrogens with one attached hydrogen (secondary N) is 1. The molecule has 13 heavy (non-hydrogen) atoms. The predicted molar refractivity (Wildman–Crippen MR) is 61.7 cm³/mol. The first-order valence-electron chi connectivity index (χ1n) is 4.43. The molecule has 0 spiro atoms. The van der Waals surface area contributed by atoms with Crippen LogP contribution in [-0.4, -0.2) is 6.04 Å². The molecule has 1 aromatic rings. The van der Waals surface area contributed by atoms with Crippen LogP contribution >= 0.6 is 31.9 Å². The van der Waals surface area contributed by atoms with Gasteiger partial charge in [0.25, 0.3) is 0 Å². The summed E-state index contributed by atoms with van der Waals surface area (Å²) in [7, 11) is 0. The molecule has 0 saturated heterocycles. The lowest BCUT2D eigenvalue weighted by Gasteiger charge is -2.05. The van der Waals surface area contributed by atoms with Gasteiger partial charge in [-0.05, 0) is 30.5 Å². The third-order valence-electron chi connectivity index (χ3n) is 2.17. The largest absolute Gasteiger partial charge is 0.310 e. The third-order valence-corrected chi connectivity index (χ3v) is 3.41. The highest BCUT2D eigenvalue weighted by Crippen LogP contribution is 2.24. The first kappa shape index (κ1) is 9.69. The summed E-state index contributed by atoms with van der Waals surface area (Å²) in [5.41, 5.74) is 1.33. The summed E-state index contributed by atoms with van der Waals surface area (Å²) < 4.78 is 2.30. The highest BCUT2D eigenvalue weighted by atomic mass is 79.9. The Morgan fingerprint density at radius 1 is 1.31 bits per heavy atom. The van der Waals surface area contributed by atoms with Crippen LogP contribution in [0.5, 0.6) is 0 Å². The van der Waals surface area contributed by atoms with Gasteiger partial charge in [0.1, 0.15) is 0 Å². The first-order chi connectivity index (χ1) is 6.25. The van der Waals surface area contributed by atoms with Crippen molar-refractivity contribution in [3.63, 3.8) is 0 Å². The summed E-state index contributed by atoms with van der Waals surface area (Å²) in [4.78, 5) is 0. The van der Waals surface area contributed by atoms with Crippen LogP contribution in [-0.2, 0) is 6.54 Å². The van der Waals surface area contributed by atoms with Crippen molar-refractivity contribution in [2.45, 2.75) is 25.4 Å². The molecule has 2 rings (SSSR count). The van der Waals surface area contributed by atoms with E-state index < -0.39 is 0 Å². The average molecular weight is 305 g/mol. The second-order valence-corrected chi connectivity index (χ2v) is 5.16. The molecule has 0 amide bonds. The highest BCUT2D eigenvalue weighted by molar-refractivity contribution is 9.11. The second-order valence-electron chi connectivity index (χ2n) is 3.39. The Labute approximate surface area is 95.2 Å². The Balaban J connectivity index is 2.01. The van der Waals surface area contributed by atoms with E-state index in [0.29, 0.717) is 0 Å². The highest BCUT2D eigenvalue weighted by Gasteiger charge is 2.20.